The Labute approximate surface area is 90.4 Å². The number of aromatic nitrogens is 3. The maximum absolute atomic E-state index is 4.03. The first-order valence-electron chi connectivity index (χ1n) is 5.27. The zero-order chi connectivity index (χ0) is 10.8. The summed E-state index contributed by atoms with van der Waals surface area (Å²) in [5.74, 6) is 0. The van der Waals surface area contributed by atoms with E-state index in [9.17, 15) is 0 Å². The molecule has 0 radical (unpaired) electrons. The Morgan fingerprint density at radius 1 is 1.20 bits per heavy atom. The molecule has 0 atom stereocenters. The normalized spacial score (nSPS) is 10.9. The average molecular weight is 203 g/mol. The third-order valence-electron chi connectivity index (χ3n) is 3.07. The van der Waals surface area contributed by atoms with Gasteiger partial charge in [-0.3, -0.25) is 0 Å². The Kier molecular flexibility index (Phi) is 2.62. The van der Waals surface area contributed by atoms with Crippen LogP contribution in [0.5, 0.6) is 0 Å². The van der Waals surface area contributed by atoms with Crippen LogP contribution < -0.4 is 0 Å². The van der Waals surface area contributed by atoms with Crippen LogP contribution in [0.15, 0.2) is 24.9 Å². The summed E-state index contributed by atoms with van der Waals surface area (Å²) in [7, 11) is 0. The highest BCUT2D eigenvalue weighted by atomic mass is 15.1. The molecule has 0 aliphatic rings. The Hall–Kier alpha value is -1.51. The van der Waals surface area contributed by atoms with Crippen LogP contribution in [0.25, 0.3) is 0 Å². The van der Waals surface area contributed by atoms with Gasteiger partial charge in [0.05, 0.1) is 6.33 Å². The lowest BCUT2D eigenvalue weighted by atomic mass is 10.2. The predicted octanol–water partition coefficient (Wildman–Crippen LogP) is 2.31. The minimum atomic E-state index is 0.981. The van der Waals surface area contributed by atoms with E-state index in [1.165, 1.54) is 16.8 Å². The Bertz CT molecular complexity index is 438. The summed E-state index contributed by atoms with van der Waals surface area (Å²) >= 11 is 0. The lowest BCUT2D eigenvalue weighted by Gasteiger charge is -2.06. The van der Waals surface area contributed by atoms with Crippen molar-refractivity contribution in [2.24, 2.45) is 0 Å². The molecule has 2 rings (SSSR count). The lowest BCUT2D eigenvalue weighted by molar-refractivity contribution is 0.570. The van der Waals surface area contributed by atoms with E-state index in [1.54, 1.807) is 0 Å². The van der Waals surface area contributed by atoms with Gasteiger partial charge in [-0.15, -0.1) is 0 Å². The van der Waals surface area contributed by atoms with Gasteiger partial charge in [-0.05, 0) is 31.9 Å². The molecular weight excluding hydrogens is 186 g/mol. The van der Waals surface area contributed by atoms with Crippen molar-refractivity contribution in [1.82, 2.24) is 14.1 Å². The zero-order valence-electron chi connectivity index (χ0n) is 9.57. The van der Waals surface area contributed by atoms with E-state index in [-0.39, 0.29) is 0 Å². The highest BCUT2D eigenvalue weighted by Gasteiger charge is 2.04. The first kappa shape index (κ1) is 10.0. The van der Waals surface area contributed by atoms with E-state index in [1.807, 2.05) is 18.7 Å². The highest BCUT2D eigenvalue weighted by Crippen LogP contribution is 2.14. The van der Waals surface area contributed by atoms with Crippen LogP contribution in [-0.4, -0.2) is 14.1 Å². The molecule has 0 bridgehead atoms. The second-order valence-electron chi connectivity index (χ2n) is 4.02. The van der Waals surface area contributed by atoms with Crippen molar-refractivity contribution < 1.29 is 0 Å². The van der Waals surface area contributed by atoms with Gasteiger partial charge < -0.3 is 9.13 Å². The summed E-state index contributed by atoms with van der Waals surface area (Å²) in [6.07, 6.45) is 7.90. The van der Waals surface area contributed by atoms with Gasteiger partial charge in [0.15, 0.2) is 0 Å². The summed E-state index contributed by atoms with van der Waals surface area (Å²) in [5, 5.41) is 0. The molecule has 0 N–H and O–H groups in total. The molecule has 0 saturated heterocycles. The fourth-order valence-corrected chi connectivity index (χ4v) is 1.80. The molecule has 0 spiro atoms. The Morgan fingerprint density at radius 2 is 2.00 bits per heavy atom. The van der Waals surface area contributed by atoms with Gasteiger partial charge in [-0.2, -0.15) is 0 Å². The molecule has 3 nitrogen and oxygen atoms in total. The topological polar surface area (TPSA) is 22.8 Å². The van der Waals surface area contributed by atoms with E-state index in [0.717, 1.165) is 13.1 Å². The molecule has 2 aromatic rings. The molecule has 0 saturated carbocycles. The van der Waals surface area contributed by atoms with Gasteiger partial charge in [-0.1, -0.05) is 0 Å². The monoisotopic (exact) mass is 203 g/mol. The van der Waals surface area contributed by atoms with Crippen molar-refractivity contribution >= 4 is 0 Å². The third-order valence-corrected chi connectivity index (χ3v) is 3.07. The fourth-order valence-electron chi connectivity index (χ4n) is 1.80. The summed E-state index contributed by atoms with van der Waals surface area (Å²) in [6.45, 7) is 8.51. The third kappa shape index (κ3) is 1.96. The molecular formula is C12H17N3. The summed E-state index contributed by atoms with van der Waals surface area (Å²) in [5.41, 5.74) is 4.14. The van der Waals surface area contributed by atoms with E-state index in [0.29, 0.717) is 0 Å². The quantitative estimate of drug-likeness (QED) is 0.750. The predicted molar refractivity (Wildman–Crippen MR) is 60.9 cm³/mol. The van der Waals surface area contributed by atoms with E-state index in [4.69, 9.17) is 0 Å². The smallest absolute Gasteiger partial charge is 0.0946 e. The van der Waals surface area contributed by atoms with Gasteiger partial charge in [0.25, 0.3) is 0 Å². The molecule has 0 aliphatic heterocycles. The Balaban J connectivity index is 2.08. The number of hydrogen-bond donors (Lipinski definition) is 0. The molecule has 0 amide bonds. The van der Waals surface area contributed by atoms with Gasteiger partial charge in [0, 0.05) is 37.4 Å². The molecule has 0 aromatic carbocycles. The molecule has 15 heavy (non-hydrogen) atoms. The summed E-state index contributed by atoms with van der Waals surface area (Å²) < 4.78 is 4.41. The van der Waals surface area contributed by atoms with Gasteiger partial charge >= 0.3 is 0 Å². The minimum Gasteiger partial charge on any atom is -0.349 e. The van der Waals surface area contributed by atoms with Crippen molar-refractivity contribution in [3.8, 4) is 0 Å². The molecule has 3 heteroatoms. The van der Waals surface area contributed by atoms with Gasteiger partial charge in [0.2, 0.25) is 0 Å². The largest absolute Gasteiger partial charge is 0.349 e. The molecule has 0 fully saturated rings. The van der Waals surface area contributed by atoms with Crippen LogP contribution in [0, 0.1) is 20.8 Å². The number of imidazole rings is 1. The van der Waals surface area contributed by atoms with E-state index >= 15 is 0 Å². The van der Waals surface area contributed by atoms with Gasteiger partial charge in [-0.25, -0.2) is 4.98 Å². The summed E-state index contributed by atoms with van der Waals surface area (Å²) in [6, 6.07) is 0. The number of hydrogen-bond acceptors (Lipinski definition) is 1. The van der Waals surface area contributed by atoms with Crippen molar-refractivity contribution in [2.75, 3.05) is 0 Å². The standard InChI is InChI=1S/C12H17N3/c1-10-8-15(12(3)11(10)2)7-6-14-5-4-13-9-14/h4-5,8-9H,6-7H2,1-3H3. The van der Waals surface area contributed by atoms with Crippen LogP contribution in [0.4, 0.5) is 0 Å². The second kappa shape index (κ2) is 3.93. The number of nitrogens with zero attached hydrogens (tertiary/aromatic N) is 3. The number of rotatable bonds is 3. The SMILES string of the molecule is Cc1cn(CCn2ccnc2)c(C)c1C. The van der Waals surface area contributed by atoms with E-state index in [2.05, 4.69) is 41.1 Å². The van der Waals surface area contributed by atoms with Gasteiger partial charge in [0.1, 0.15) is 0 Å². The van der Waals surface area contributed by atoms with E-state index < -0.39 is 0 Å². The highest BCUT2D eigenvalue weighted by molar-refractivity contribution is 5.28. The second-order valence-corrected chi connectivity index (χ2v) is 4.02. The minimum absolute atomic E-state index is 0.981. The number of aryl methyl sites for hydroxylation is 3. The first-order valence-corrected chi connectivity index (χ1v) is 5.27. The molecule has 2 aromatic heterocycles. The Morgan fingerprint density at radius 3 is 2.53 bits per heavy atom. The van der Waals surface area contributed by atoms with Crippen LogP contribution >= 0.6 is 0 Å². The molecule has 2 heterocycles. The van der Waals surface area contributed by atoms with Crippen LogP contribution in [0.2, 0.25) is 0 Å². The molecule has 80 valence electrons. The van der Waals surface area contributed by atoms with Crippen LogP contribution in [0.3, 0.4) is 0 Å². The van der Waals surface area contributed by atoms with Crippen molar-refractivity contribution in [2.45, 2.75) is 33.9 Å². The van der Waals surface area contributed by atoms with Crippen LogP contribution in [-0.2, 0) is 13.1 Å². The average Bonchev–Trinajstić information content (AvgIpc) is 2.80. The maximum atomic E-state index is 4.03. The first-order chi connectivity index (χ1) is 7.18. The molecule has 0 aliphatic carbocycles. The maximum Gasteiger partial charge on any atom is 0.0946 e. The molecule has 0 unspecified atom stereocenters. The zero-order valence-corrected chi connectivity index (χ0v) is 9.57. The van der Waals surface area contributed by atoms with Crippen molar-refractivity contribution in [3.05, 3.63) is 41.7 Å². The van der Waals surface area contributed by atoms with Crippen molar-refractivity contribution in [1.29, 1.82) is 0 Å². The lowest BCUT2D eigenvalue weighted by Crippen LogP contribution is -2.06. The van der Waals surface area contributed by atoms with Crippen molar-refractivity contribution in [3.63, 3.8) is 0 Å². The van der Waals surface area contributed by atoms with Crippen LogP contribution in [0.1, 0.15) is 16.8 Å². The fraction of sp³-hybridized carbons (Fsp3) is 0.417. The summed E-state index contributed by atoms with van der Waals surface area (Å²) in [4.78, 5) is 4.03.